The highest BCUT2D eigenvalue weighted by molar-refractivity contribution is 5.96. The van der Waals surface area contributed by atoms with E-state index in [1.165, 1.54) is 13.3 Å². The van der Waals surface area contributed by atoms with Gasteiger partial charge in [0, 0.05) is 18.1 Å². The number of nitrogens with zero attached hydrogens (tertiary/aromatic N) is 3. The predicted octanol–water partition coefficient (Wildman–Crippen LogP) is 1.32. The largest absolute Gasteiger partial charge is 0.465 e. The zero-order chi connectivity index (χ0) is 15.7. The molecule has 1 aromatic carbocycles. The van der Waals surface area contributed by atoms with Gasteiger partial charge in [0.2, 0.25) is 0 Å². The summed E-state index contributed by atoms with van der Waals surface area (Å²) in [6, 6.07) is 8.77. The molecule has 1 aromatic rings. The second kappa shape index (κ2) is 5.18. The minimum atomic E-state index is -0.584. The Morgan fingerprint density at radius 3 is 2.68 bits per heavy atom. The molecule has 0 aromatic heterocycles. The van der Waals surface area contributed by atoms with Crippen LogP contribution in [0.5, 0.6) is 0 Å². The average Bonchev–Trinajstić information content (AvgIpc) is 2.94. The summed E-state index contributed by atoms with van der Waals surface area (Å²) < 4.78 is 6.35. The maximum atomic E-state index is 11.9. The Morgan fingerprint density at radius 2 is 2.05 bits per heavy atom. The average molecular weight is 294 g/mol. The number of carbonyl (C=O) groups is 1. The number of ether oxygens (including phenoxy) is 1. The lowest BCUT2D eigenvalue weighted by Gasteiger charge is -2.11. The fourth-order valence-corrected chi connectivity index (χ4v) is 2.15. The first-order valence-electron chi connectivity index (χ1n) is 6.33. The van der Waals surface area contributed by atoms with Crippen molar-refractivity contribution in [1.29, 1.82) is 5.26 Å². The molecule has 108 valence electrons. The standard InChI is InChI=1S/C15H10N4O3/c1-22-15(21)12-8-19(7-11-13(12)17-18-14(11)20)10-4-2-9(6-16)3-5-10/h2-5,7-8H,1H3,(H,18,20). The van der Waals surface area contributed by atoms with Crippen LogP contribution in [0.4, 0.5) is 0 Å². The third kappa shape index (κ3) is 2.13. The number of H-pyrrole nitrogens is 1. The molecule has 0 fully saturated rings. The first kappa shape index (κ1) is 13.6. The van der Waals surface area contributed by atoms with E-state index in [0.717, 1.165) is 0 Å². The van der Waals surface area contributed by atoms with Crippen LogP contribution in [0.3, 0.4) is 0 Å². The molecule has 1 N–H and O–H groups in total. The quantitative estimate of drug-likeness (QED) is 0.718. The van der Waals surface area contributed by atoms with Crippen LogP contribution in [0, 0.1) is 11.3 Å². The lowest BCUT2D eigenvalue weighted by atomic mass is 10.1. The van der Waals surface area contributed by atoms with Crippen LogP contribution in [0.15, 0.2) is 41.5 Å². The van der Waals surface area contributed by atoms with Crippen molar-refractivity contribution in [3.05, 3.63) is 58.1 Å². The number of nitriles is 1. The molecule has 0 bridgehead atoms. The van der Waals surface area contributed by atoms with Crippen molar-refractivity contribution in [2.75, 3.05) is 7.11 Å². The minimum absolute atomic E-state index is 0.183. The van der Waals surface area contributed by atoms with Crippen LogP contribution in [0.1, 0.15) is 15.9 Å². The van der Waals surface area contributed by atoms with Crippen molar-refractivity contribution < 1.29 is 9.53 Å². The van der Waals surface area contributed by atoms with Gasteiger partial charge >= 0.3 is 5.97 Å². The summed E-state index contributed by atoms with van der Waals surface area (Å²) >= 11 is 0. The Morgan fingerprint density at radius 1 is 1.32 bits per heavy atom. The van der Waals surface area contributed by atoms with Crippen molar-refractivity contribution in [3.63, 3.8) is 0 Å². The van der Waals surface area contributed by atoms with Gasteiger partial charge < -0.3 is 9.30 Å². The van der Waals surface area contributed by atoms with Crippen LogP contribution in [0.25, 0.3) is 16.9 Å². The van der Waals surface area contributed by atoms with Crippen LogP contribution in [-0.2, 0) is 4.74 Å². The van der Waals surface area contributed by atoms with E-state index < -0.39 is 5.97 Å². The van der Waals surface area contributed by atoms with E-state index in [2.05, 4.69) is 10.2 Å². The molecule has 2 aliphatic heterocycles. The first-order chi connectivity index (χ1) is 10.6. The SMILES string of the molecule is COC(=O)c1cn(-c2ccc(C#N)cc2)cc2c(=O)[nH]nc1-2. The fraction of sp³-hybridized carbons (Fsp3) is 0.0667. The highest BCUT2D eigenvalue weighted by atomic mass is 16.5. The molecule has 2 heterocycles. The van der Waals surface area contributed by atoms with E-state index in [9.17, 15) is 9.59 Å². The van der Waals surface area contributed by atoms with E-state index in [4.69, 9.17) is 10.00 Å². The molecule has 0 atom stereocenters. The second-order valence-electron chi connectivity index (χ2n) is 4.54. The maximum absolute atomic E-state index is 11.9. The summed E-state index contributed by atoms with van der Waals surface area (Å²) in [4.78, 5) is 23.7. The highest BCUT2D eigenvalue weighted by Crippen LogP contribution is 2.23. The molecule has 0 radical (unpaired) electrons. The smallest absolute Gasteiger partial charge is 0.341 e. The number of hydrogen-bond acceptors (Lipinski definition) is 5. The summed E-state index contributed by atoms with van der Waals surface area (Å²) in [5.41, 5.74) is 1.57. The molecular weight excluding hydrogens is 284 g/mol. The Kier molecular flexibility index (Phi) is 3.20. The molecule has 0 saturated carbocycles. The molecule has 7 nitrogen and oxygen atoms in total. The van der Waals surface area contributed by atoms with Crippen molar-refractivity contribution in [2.24, 2.45) is 0 Å². The number of nitrogens with one attached hydrogen (secondary N) is 1. The molecule has 3 rings (SSSR count). The van der Waals surface area contributed by atoms with E-state index in [0.29, 0.717) is 11.3 Å². The zero-order valence-electron chi connectivity index (χ0n) is 11.5. The molecule has 2 aliphatic rings. The van der Waals surface area contributed by atoms with Gasteiger partial charge in [-0.05, 0) is 24.3 Å². The Balaban J connectivity index is 2.23. The lowest BCUT2D eigenvalue weighted by Crippen LogP contribution is -2.11. The molecule has 0 unspecified atom stereocenters. The molecule has 22 heavy (non-hydrogen) atoms. The molecule has 0 amide bonds. The summed E-state index contributed by atoms with van der Waals surface area (Å²) in [5.74, 6) is -0.584. The number of aromatic nitrogens is 3. The number of carbonyl (C=O) groups excluding carboxylic acids is 1. The van der Waals surface area contributed by atoms with E-state index in [-0.39, 0.29) is 22.4 Å². The van der Waals surface area contributed by atoms with Crippen molar-refractivity contribution in [1.82, 2.24) is 14.8 Å². The summed E-state index contributed by atoms with van der Waals surface area (Å²) in [5, 5.41) is 15.0. The number of rotatable bonds is 2. The fourth-order valence-electron chi connectivity index (χ4n) is 2.15. The van der Waals surface area contributed by atoms with Gasteiger partial charge in [0.1, 0.15) is 11.3 Å². The van der Waals surface area contributed by atoms with Gasteiger partial charge in [0.25, 0.3) is 5.56 Å². The van der Waals surface area contributed by atoms with Gasteiger partial charge in [-0.1, -0.05) is 0 Å². The second-order valence-corrected chi connectivity index (χ2v) is 4.54. The summed E-state index contributed by atoms with van der Waals surface area (Å²) in [6.07, 6.45) is 3.12. The Labute approximate surface area is 124 Å². The van der Waals surface area contributed by atoms with Gasteiger partial charge in [-0.3, -0.25) is 4.79 Å². The first-order valence-corrected chi connectivity index (χ1v) is 6.33. The third-order valence-electron chi connectivity index (χ3n) is 3.26. The van der Waals surface area contributed by atoms with Crippen LogP contribution < -0.4 is 5.56 Å². The van der Waals surface area contributed by atoms with E-state index >= 15 is 0 Å². The number of benzene rings is 1. The molecule has 7 heteroatoms. The molecule has 0 aliphatic carbocycles. The number of aromatic amines is 1. The molecule has 0 saturated heterocycles. The van der Waals surface area contributed by atoms with Gasteiger partial charge in [0.15, 0.2) is 0 Å². The summed E-state index contributed by atoms with van der Waals surface area (Å²) in [7, 11) is 1.26. The van der Waals surface area contributed by atoms with Gasteiger partial charge in [0.05, 0.1) is 24.3 Å². The number of fused-ring (bicyclic) bond motifs is 1. The maximum Gasteiger partial charge on any atom is 0.341 e. The highest BCUT2D eigenvalue weighted by Gasteiger charge is 2.22. The van der Waals surface area contributed by atoms with E-state index in [1.807, 2.05) is 6.07 Å². The lowest BCUT2D eigenvalue weighted by molar-refractivity contribution is 0.0600. The topological polar surface area (TPSA) is 101 Å². The molecule has 0 spiro atoms. The normalized spacial score (nSPS) is 10.4. The van der Waals surface area contributed by atoms with Crippen molar-refractivity contribution in [2.45, 2.75) is 0 Å². The van der Waals surface area contributed by atoms with Crippen molar-refractivity contribution >= 4 is 5.97 Å². The van der Waals surface area contributed by atoms with Crippen LogP contribution in [-0.4, -0.2) is 27.8 Å². The summed E-state index contributed by atoms with van der Waals surface area (Å²) in [6.45, 7) is 0. The van der Waals surface area contributed by atoms with E-state index in [1.54, 1.807) is 35.0 Å². The van der Waals surface area contributed by atoms with Crippen LogP contribution >= 0.6 is 0 Å². The monoisotopic (exact) mass is 294 g/mol. The third-order valence-corrected chi connectivity index (χ3v) is 3.26. The predicted molar refractivity (Wildman–Crippen MR) is 76.9 cm³/mol. The molecular formula is C15H10N4O3. The van der Waals surface area contributed by atoms with Crippen LogP contribution in [0.2, 0.25) is 0 Å². The zero-order valence-corrected chi connectivity index (χ0v) is 11.5. The number of pyridine rings is 1. The van der Waals surface area contributed by atoms with Gasteiger partial charge in [-0.2, -0.15) is 10.4 Å². The Hall–Kier alpha value is -3.40. The number of esters is 1. The van der Waals surface area contributed by atoms with Gasteiger partial charge in [-0.25, -0.2) is 9.89 Å². The van der Waals surface area contributed by atoms with Gasteiger partial charge in [-0.15, -0.1) is 0 Å². The number of hydrogen-bond donors (Lipinski definition) is 1. The minimum Gasteiger partial charge on any atom is -0.465 e. The van der Waals surface area contributed by atoms with Crippen molar-refractivity contribution in [3.8, 4) is 23.0 Å². The Bertz CT molecular complexity index is 915. The number of methoxy groups -OCH3 is 1.